The van der Waals surface area contributed by atoms with Gasteiger partial charge in [0.05, 0.1) is 5.75 Å². The highest BCUT2D eigenvalue weighted by Crippen LogP contribution is 2.23. The molecule has 0 radical (unpaired) electrons. The van der Waals surface area contributed by atoms with Crippen LogP contribution in [-0.4, -0.2) is 45.5 Å². The van der Waals surface area contributed by atoms with Gasteiger partial charge in [0.1, 0.15) is 5.76 Å². The summed E-state index contributed by atoms with van der Waals surface area (Å²) in [5, 5.41) is 4.31. The number of carbonyl (C=O) groups is 1. The molecule has 3 heterocycles. The number of carbonyl (C=O) groups excluding carboxylic acids is 1. The summed E-state index contributed by atoms with van der Waals surface area (Å²) >= 11 is 1.59. The van der Waals surface area contributed by atoms with Gasteiger partial charge >= 0.3 is 0 Å². The molecule has 0 saturated carbocycles. The average Bonchev–Trinajstić information content (AvgIpc) is 3.16. The first-order chi connectivity index (χ1) is 11.1. The first-order valence-corrected chi connectivity index (χ1v) is 8.78. The van der Waals surface area contributed by atoms with E-state index in [4.69, 9.17) is 4.42 Å². The van der Waals surface area contributed by atoms with Crippen LogP contribution in [0.1, 0.15) is 30.2 Å². The third kappa shape index (κ3) is 3.45. The van der Waals surface area contributed by atoms with Gasteiger partial charge in [0.2, 0.25) is 0 Å². The molecule has 0 aliphatic carbocycles. The second-order valence-electron chi connectivity index (χ2n) is 5.86. The molecule has 2 unspecified atom stereocenters. The molecule has 0 aromatic carbocycles. The molecule has 1 N–H and O–H groups in total. The van der Waals surface area contributed by atoms with E-state index in [9.17, 15) is 4.79 Å². The van der Waals surface area contributed by atoms with Crippen molar-refractivity contribution in [1.29, 1.82) is 0 Å². The number of thioether (sulfide) groups is 1. The van der Waals surface area contributed by atoms with Gasteiger partial charge in [0, 0.05) is 44.6 Å². The van der Waals surface area contributed by atoms with E-state index < -0.39 is 0 Å². The molecule has 2 atom stereocenters. The highest BCUT2D eigenvalue weighted by Gasteiger charge is 2.30. The van der Waals surface area contributed by atoms with E-state index in [1.165, 1.54) is 0 Å². The number of hydrogen-bond donors (Lipinski definition) is 1. The van der Waals surface area contributed by atoms with Crippen molar-refractivity contribution in [3.8, 4) is 0 Å². The molecule has 1 aliphatic heterocycles. The SMILES string of the molecule is CC1NCCN(C(=O)c2ccc(CSc3nccn3C)o2)C1C. The summed E-state index contributed by atoms with van der Waals surface area (Å²) in [7, 11) is 1.96. The van der Waals surface area contributed by atoms with Crippen molar-refractivity contribution >= 4 is 17.7 Å². The molecule has 2 aromatic rings. The van der Waals surface area contributed by atoms with E-state index in [0.717, 1.165) is 17.5 Å². The number of aromatic nitrogens is 2. The number of furan rings is 1. The maximum atomic E-state index is 12.6. The van der Waals surface area contributed by atoms with Crippen molar-refractivity contribution in [2.24, 2.45) is 7.05 Å². The van der Waals surface area contributed by atoms with E-state index in [1.54, 1.807) is 24.0 Å². The lowest BCUT2D eigenvalue weighted by Gasteiger charge is -2.38. The summed E-state index contributed by atoms with van der Waals surface area (Å²) < 4.78 is 7.71. The molecule has 0 bridgehead atoms. The fourth-order valence-electron chi connectivity index (χ4n) is 2.68. The van der Waals surface area contributed by atoms with Gasteiger partial charge in [-0.05, 0) is 26.0 Å². The van der Waals surface area contributed by atoms with Crippen molar-refractivity contribution in [2.45, 2.75) is 36.8 Å². The van der Waals surface area contributed by atoms with Crippen molar-refractivity contribution in [2.75, 3.05) is 13.1 Å². The van der Waals surface area contributed by atoms with Crippen LogP contribution >= 0.6 is 11.8 Å². The number of amides is 1. The largest absolute Gasteiger partial charge is 0.455 e. The normalized spacial score (nSPS) is 21.6. The molecule has 0 spiro atoms. The standard InChI is InChI=1S/C16H22N4O2S/c1-11-12(2)20(9-7-17-11)15(21)14-5-4-13(22-14)10-23-16-18-6-8-19(16)3/h4-6,8,11-12,17H,7,9-10H2,1-3H3. The van der Waals surface area contributed by atoms with Crippen LogP contribution in [0, 0.1) is 0 Å². The fourth-order valence-corrected chi connectivity index (χ4v) is 3.51. The van der Waals surface area contributed by atoms with Crippen LogP contribution in [0.2, 0.25) is 0 Å². The lowest BCUT2D eigenvalue weighted by Crippen LogP contribution is -2.57. The Bertz CT molecular complexity index is 681. The topological polar surface area (TPSA) is 63.3 Å². The van der Waals surface area contributed by atoms with Crippen LogP contribution in [0.4, 0.5) is 0 Å². The Morgan fingerprint density at radius 3 is 3.04 bits per heavy atom. The molecule has 6 nitrogen and oxygen atoms in total. The van der Waals surface area contributed by atoms with Crippen molar-refractivity contribution in [1.82, 2.24) is 19.8 Å². The molecular weight excluding hydrogens is 312 g/mol. The van der Waals surface area contributed by atoms with Gasteiger partial charge in [-0.3, -0.25) is 4.79 Å². The molecule has 23 heavy (non-hydrogen) atoms. The first-order valence-electron chi connectivity index (χ1n) is 7.79. The molecule has 2 aromatic heterocycles. The molecule has 3 rings (SSSR count). The zero-order valence-electron chi connectivity index (χ0n) is 13.7. The number of hydrogen-bond acceptors (Lipinski definition) is 5. The average molecular weight is 334 g/mol. The van der Waals surface area contributed by atoms with E-state index >= 15 is 0 Å². The first kappa shape index (κ1) is 16.1. The quantitative estimate of drug-likeness (QED) is 0.868. The third-order valence-corrected chi connectivity index (χ3v) is 5.37. The Balaban J connectivity index is 1.64. The number of aryl methyl sites for hydroxylation is 1. The van der Waals surface area contributed by atoms with E-state index in [0.29, 0.717) is 24.1 Å². The molecular formula is C16H22N4O2S. The summed E-state index contributed by atoms with van der Waals surface area (Å²) in [6, 6.07) is 4.10. The van der Waals surface area contributed by atoms with E-state index in [1.807, 2.05) is 28.8 Å². The van der Waals surface area contributed by atoms with Gasteiger partial charge in [-0.2, -0.15) is 0 Å². The minimum absolute atomic E-state index is 0.0286. The van der Waals surface area contributed by atoms with Crippen molar-refractivity contribution in [3.05, 3.63) is 36.0 Å². The van der Waals surface area contributed by atoms with Gasteiger partial charge in [-0.1, -0.05) is 11.8 Å². The lowest BCUT2D eigenvalue weighted by atomic mass is 10.1. The van der Waals surface area contributed by atoms with E-state index in [2.05, 4.69) is 24.1 Å². The summed E-state index contributed by atoms with van der Waals surface area (Å²) in [4.78, 5) is 18.8. The summed E-state index contributed by atoms with van der Waals surface area (Å²) in [5.74, 6) is 1.84. The molecule has 1 aliphatic rings. The lowest BCUT2D eigenvalue weighted by molar-refractivity contribution is 0.0569. The Morgan fingerprint density at radius 2 is 2.30 bits per heavy atom. The van der Waals surface area contributed by atoms with Crippen LogP contribution in [0.15, 0.2) is 34.1 Å². The Labute approximate surface area is 140 Å². The molecule has 1 saturated heterocycles. The Morgan fingerprint density at radius 1 is 1.48 bits per heavy atom. The maximum absolute atomic E-state index is 12.6. The highest BCUT2D eigenvalue weighted by atomic mass is 32.2. The van der Waals surface area contributed by atoms with Gasteiger partial charge < -0.3 is 19.2 Å². The molecule has 1 amide bonds. The Kier molecular flexibility index (Phi) is 4.77. The second-order valence-corrected chi connectivity index (χ2v) is 6.80. The Hall–Kier alpha value is -1.73. The predicted molar refractivity (Wildman–Crippen MR) is 89.4 cm³/mol. The zero-order valence-corrected chi connectivity index (χ0v) is 14.5. The highest BCUT2D eigenvalue weighted by molar-refractivity contribution is 7.98. The van der Waals surface area contributed by atoms with Gasteiger partial charge in [-0.15, -0.1) is 0 Å². The van der Waals surface area contributed by atoms with Gasteiger partial charge in [-0.25, -0.2) is 4.98 Å². The van der Waals surface area contributed by atoms with Crippen molar-refractivity contribution < 1.29 is 9.21 Å². The zero-order chi connectivity index (χ0) is 16.4. The van der Waals surface area contributed by atoms with Gasteiger partial charge in [0.25, 0.3) is 5.91 Å². The second kappa shape index (κ2) is 6.80. The van der Waals surface area contributed by atoms with Crippen LogP contribution in [-0.2, 0) is 12.8 Å². The molecule has 7 heteroatoms. The van der Waals surface area contributed by atoms with Crippen molar-refractivity contribution in [3.63, 3.8) is 0 Å². The summed E-state index contributed by atoms with van der Waals surface area (Å²) in [5.41, 5.74) is 0. The number of imidazole rings is 1. The maximum Gasteiger partial charge on any atom is 0.289 e. The minimum atomic E-state index is -0.0286. The summed E-state index contributed by atoms with van der Waals surface area (Å²) in [6.07, 6.45) is 3.68. The van der Waals surface area contributed by atoms with Crippen LogP contribution in [0.25, 0.3) is 0 Å². The van der Waals surface area contributed by atoms with Crippen LogP contribution in [0.5, 0.6) is 0 Å². The number of rotatable bonds is 4. The third-order valence-electron chi connectivity index (χ3n) is 4.29. The minimum Gasteiger partial charge on any atom is -0.455 e. The number of piperazine rings is 1. The van der Waals surface area contributed by atoms with E-state index in [-0.39, 0.29) is 11.9 Å². The van der Waals surface area contributed by atoms with Crippen LogP contribution in [0.3, 0.4) is 0 Å². The number of nitrogens with zero attached hydrogens (tertiary/aromatic N) is 3. The number of nitrogens with one attached hydrogen (secondary N) is 1. The van der Waals surface area contributed by atoms with Gasteiger partial charge in [0.15, 0.2) is 10.9 Å². The van der Waals surface area contributed by atoms with Crippen LogP contribution < -0.4 is 5.32 Å². The molecule has 1 fully saturated rings. The summed E-state index contributed by atoms with van der Waals surface area (Å²) in [6.45, 7) is 5.69. The fraction of sp³-hybridized carbons (Fsp3) is 0.500. The predicted octanol–water partition coefficient (Wildman–Crippen LogP) is 2.13. The monoisotopic (exact) mass is 334 g/mol. The molecule has 124 valence electrons. The smallest absolute Gasteiger partial charge is 0.289 e.